The molecule has 0 spiro atoms. The third kappa shape index (κ3) is 4.99. The summed E-state index contributed by atoms with van der Waals surface area (Å²) < 4.78 is 5.63. The Morgan fingerprint density at radius 2 is 1.97 bits per heavy atom. The standard InChI is InChI=1S/C24H26N4O3/c1-2-14-31-20-9-5-8-18(15-20)23-25-24(30)21(26-27-23)10-11-22(29)28-13-12-17-6-3-4-7-19(17)16-28/h3-9,15H,2,10-14,16H2,1H3,(H,25,27,30). The van der Waals surface area contributed by atoms with Crippen LogP contribution in [-0.4, -0.2) is 39.1 Å². The molecule has 4 rings (SSSR count). The van der Waals surface area contributed by atoms with E-state index in [9.17, 15) is 9.59 Å². The van der Waals surface area contributed by atoms with Gasteiger partial charge in [0, 0.05) is 31.5 Å². The summed E-state index contributed by atoms with van der Waals surface area (Å²) in [7, 11) is 0. The van der Waals surface area contributed by atoms with Crippen LogP contribution < -0.4 is 10.3 Å². The van der Waals surface area contributed by atoms with E-state index in [-0.39, 0.29) is 30.0 Å². The molecule has 7 heteroatoms. The molecule has 3 aromatic rings. The molecule has 0 atom stereocenters. The molecule has 1 amide bonds. The Balaban J connectivity index is 1.39. The molecular formula is C24H26N4O3. The fourth-order valence-corrected chi connectivity index (χ4v) is 3.70. The lowest BCUT2D eigenvalue weighted by Crippen LogP contribution is -2.36. The van der Waals surface area contributed by atoms with Crippen LogP contribution in [-0.2, 0) is 24.2 Å². The van der Waals surface area contributed by atoms with Crippen molar-refractivity contribution in [3.05, 3.63) is 75.7 Å². The highest BCUT2D eigenvalue weighted by Crippen LogP contribution is 2.21. The van der Waals surface area contributed by atoms with Crippen LogP contribution in [0.15, 0.2) is 53.3 Å². The van der Waals surface area contributed by atoms with Gasteiger partial charge in [0.25, 0.3) is 5.56 Å². The number of carbonyl (C=O) groups is 1. The Hall–Kier alpha value is -3.48. The van der Waals surface area contributed by atoms with E-state index in [1.807, 2.05) is 48.2 Å². The number of nitrogens with zero attached hydrogens (tertiary/aromatic N) is 3. The lowest BCUT2D eigenvalue weighted by atomic mass is 9.99. The van der Waals surface area contributed by atoms with Crippen LogP contribution in [0, 0.1) is 0 Å². The van der Waals surface area contributed by atoms with E-state index in [4.69, 9.17) is 4.74 Å². The van der Waals surface area contributed by atoms with E-state index in [1.165, 1.54) is 11.1 Å². The van der Waals surface area contributed by atoms with Crippen molar-refractivity contribution in [2.24, 2.45) is 0 Å². The molecule has 160 valence electrons. The monoisotopic (exact) mass is 418 g/mol. The minimum Gasteiger partial charge on any atom is -0.494 e. The van der Waals surface area contributed by atoms with Crippen molar-refractivity contribution in [3.63, 3.8) is 0 Å². The van der Waals surface area contributed by atoms with Gasteiger partial charge in [-0.25, -0.2) is 0 Å². The van der Waals surface area contributed by atoms with Gasteiger partial charge in [0.1, 0.15) is 11.4 Å². The number of hydrogen-bond acceptors (Lipinski definition) is 5. The number of carbonyl (C=O) groups excluding carboxylic acids is 1. The molecular weight excluding hydrogens is 392 g/mol. The van der Waals surface area contributed by atoms with Gasteiger partial charge in [-0.3, -0.25) is 9.59 Å². The highest BCUT2D eigenvalue weighted by Gasteiger charge is 2.20. The topological polar surface area (TPSA) is 88.2 Å². The zero-order valence-electron chi connectivity index (χ0n) is 17.6. The van der Waals surface area contributed by atoms with Gasteiger partial charge in [-0.05, 0) is 36.1 Å². The first-order valence-electron chi connectivity index (χ1n) is 10.7. The van der Waals surface area contributed by atoms with E-state index in [0.29, 0.717) is 25.5 Å². The number of rotatable bonds is 7. The van der Waals surface area contributed by atoms with Crippen LogP contribution in [0.4, 0.5) is 0 Å². The molecule has 31 heavy (non-hydrogen) atoms. The van der Waals surface area contributed by atoms with Crippen molar-refractivity contribution in [2.75, 3.05) is 13.2 Å². The van der Waals surface area contributed by atoms with E-state index < -0.39 is 0 Å². The van der Waals surface area contributed by atoms with Gasteiger partial charge in [0.2, 0.25) is 5.91 Å². The van der Waals surface area contributed by atoms with Crippen LogP contribution in [0.25, 0.3) is 11.4 Å². The molecule has 0 fully saturated rings. The first-order chi connectivity index (χ1) is 15.1. The van der Waals surface area contributed by atoms with E-state index in [1.54, 1.807) is 0 Å². The van der Waals surface area contributed by atoms with Gasteiger partial charge in [-0.1, -0.05) is 43.3 Å². The number of hydrogen-bond donors (Lipinski definition) is 1. The van der Waals surface area contributed by atoms with E-state index >= 15 is 0 Å². The molecule has 0 saturated heterocycles. The second-order valence-electron chi connectivity index (χ2n) is 7.66. The average Bonchev–Trinajstić information content (AvgIpc) is 2.81. The Bertz CT molecular complexity index is 1130. The maximum Gasteiger partial charge on any atom is 0.273 e. The largest absolute Gasteiger partial charge is 0.494 e. The average molecular weight is 418 g/mol. The van der Waals surface area contributed by atoms with Crippen LogP contribution >= 0.6 is 0 Å². The number of aryl methyl sites for hydroxylation is 1. The fourth-order valence-electron chi connectivity index (χ4n) is 3.70. The van der Waals surface area contributed by atoms with Gasteiger partial charge in [0.05, 0.1) is 6.61 Å². The fraction of sp³-hybridized carbons (Fsp3) is 0.333. The summed E-state index contributed by atoms with van der Waals surface area (Å²) >= 11 is 0. The maximum absolute atomic E-state index is 12.7. The molecule has 0 aliphatic carbocycles. The van der Waals surface area contributed by atoms with Crippen molar-refractivity contribution in [1.82, 2.24) is 20.1 Å². The van der Waals surface area contributed by atoms with Gasteiger partial charge >= 0.3 is 0 Å². The summed E-state index contributed by atoms with van der Waals surface area (Å²) in [5, 5.41) is 8.26. The van der Waals surface area contributed by atoms with Gasteiger partial charge in [0.15, 0.2) is 5.82 Å². The quantitative estimate of drug-likeness (QED) is 0.637. The maximum atomic E-state index is 12.7. The summed E-state index contributed by atoms with van der Waals surface area (Å²) in [5.74, 6) is 1.13. The number of H-pyrrole nitrogens is 1. The molecule has 1 aromatic heterocycles. The molecule has 0 unspecified atom stereocenters. The summed E-state index contributed by atoms with van der Waals surface area (Å²) in [5.41, 5.74) is 3.17. The van der Waals surface area contributed by atoms with Crippen molar-refractivity contribution < 1.29 is 9.53 Å². The number of nitrogens with one attached hydrogen (secondary N) is 1. The summed E-state index contributed by atoms with van der Waals surface area (Å²) in [6.07, 6.45) is 2.27. The second-order valence-corrected chi connectivity index (χ2v) is 7.66. The van der Waals surface area contributed by atoms with E-state index in [0.717, 1.165) is 24.2 Å². The molecule has 2 aromatic carbocycles. The summed E-state index contributed by atoms with van der Waals surface area (Å²) in [6, 6.07) is 15.6. The van der Waals surface area contributed by atoms with Crippen LogP contribution in [0.5, 0.6) is 5.75 Å². The molecule has 1 aliphatic heterocycles. The minimum atomic E-state index is -0.318. The third-order valence-electron chi connectivity index (χ3n) is 5.40. The predicted octanol–water partition coefficient (Wildman–Crippen LogP) is 3.14. The Kier molecular flexibility index (Phi) is 6.40. The first-order valence-corrected chi connectivity index (χ1v) is 10.7. The molecule has 1 aliphatic rings. The van der Waals surface area contributed by atoms with Crippen molar-refractivity contribution in [2.45, 2.75) is 39.2 Å². The lowest BCUT2D eigenvalue weighted by Gasteiger charge is -2.28. The molecule has 7 nitrogen and oxygen atoms in total. The Labute approximate surface area is 181 Å². The minimum absolute atomic E-state index is 0.0283. The van der Waals surface area contributed by atoms with Crippen molar-refractivity contribution in [3.8, 4) is 17.1 Å². The zero-order chi connectivity index (χ0) is 21.6. The highest BCUT2D eigenvalue weighted by atomic mass is 16.5. The van der Waals surface area contributed by atoms with Gasteiger partial charge in [-0.15, -0.1) is 10.2 Å². The number of aromatic amines is 1. The summed E-state index contributed by atoms with van der Waals surface area (Å²) in [4.78, 5) is 29.8. The van der Waals surface area contributed by atoms with Crippen LogP contribution in [0.3, 0.4) is 0 Å². The zero-order valence-corrected chi connectivity index (χ0v) is 17.6. The van der Waals surface area contributed by atoms with Gasteiger partial charge in [-0.2, -0.15) is 0 Å². The van der Waals surface area contributed by atoms with Crippen LogP contribution in [0.1, 0.15) is 36.6 Å². The second kappa shape index (κ2) is 9.55. The SMILES string of the molecule is CCCOc1cccc(-c2nnc(CCC(=O)N3CCc4ccccc4C3)c(=O)[nH]2)c1. The van der Waals surface area contributed by atoms with Crippen molar-refractivity contribution in [1.29, 1.82) is 0 Å². The number of ether oxygens (including phenoxy) is 1. The number of aromatic nitrogens is 3. The number of fused-ring (bicyclic) bond motifs is 1. The van der Waals surface area contributed by atoms with Crippen molar-refractivity contribution >= 4 is 5.91 Å². The highest BCUT2D eigenvalue weighted by molar-refractivity contribution is 5.76. The Morgan fingerprint density at radius 1 is 1.13 bits per heavy atom. The molecule has 2 heterocycles. The molecule has 0 bridgehead atoms. The Morgan fingerprint density at radius 3 is 2.77 bits per heavy atom. The lowest BCUT2D eigenvalue weighted by molar-refractivity contribution is -0.132. The van der Waals surface area contributed by atoms with Gasteiger partial charge < -0.3 is 14.6 Å². The number of benzene rings is 2. The number of amides is 1. The third-order valence-corrected chi connectivity index (χ3v) is 5.40. The molecule has 0 saturated carbocycles. The molecule has 0 radical (unpaired) electrons. The summed E-state index contributed by atoms with van der Waals surface area (Å²) in [6.45, 7) is 3.99. The predicted molar refractivity (Wildman–Crippen MR) is 118 cm³/mol. The smallest absolute Gasteiger partial charge is 0.273 e. The first kappa shape index (κ1) is 20.8. The molecule has 1 N–H and O–H groups in total. The van der Waals surface area contributed by atoms with Crippen LogP contribution in [0.2, 0.25) is 0 Å². The normalized spacial score (nSPS) is 13.0. The van der Waals surface area contributed by atoms with E-state index in [2.05, 4.69) is 27.3 Å².